The van der Waals surface area contributed by atoms with E-state index in [1.54, 1.807) is 6.07 Å². The van der Waals surface area contributed by atoms with E-state index in [1.807, 2.05) is 64.7 Å². The van der Waals surface area contributed by atoms with Crippen LogP contribution in [0.2, 0.25) is 0 Å². The third-order valence-corrected chi connectivity index (χ3v) is 7.86. The van der Waals surface area contributed by atoms with E-state index in [4.69, 9.17) is 9.47 Å². The zero-order valence-corrected chi connectivity index (χ0v) is 20.7. The molecule has 35 heavy (non-hydrogen) atoms. The van der Waals surface area contributed by atoms with Gasteiger partial charge in [-0.15, -0.1) is 11.3 Å². The minimum Gasteiger partial charge on any atom is -0.486 e. The van der Waals surface area contributed by atoms with Crippen molar-refractivity contribution in [1.29, 1.82) is 0 Å². The maximum atomic E-state index is 13.2. The summed E-state index contributed by atoms with van der Waals surface area (Å²) in [7, 11) is 1.92. The third-order valence-electron chi connectivity index (χ3n) is 7.00. The number of amides is 2. The number of thiophene rings is 1. The molecule has 1 aromatic heterocycles. The Bertz CT molecular complexity index is 1160. The molecular weight excluding hydrogens is 460 g/mol. The van der Waals surface area contributed by atoms with E-state index in [9.17, 15) is 9.59 Å². The van der Waals surface area contributed by atoms with Gasteiger partial charge >= 0.3 is 0 Å². The topological polar surface area (TPSA) is 59.1 Å². The van der Waals surface area contributed by atoms with Crippen LogP contribution in [-0.4, -0.2) is 61.0 Å². The lowest BCUT2D eigenvalue weighted by Gasteiger charge is -2.40. The SMILES string of the molecule is CN(C(=O)c1cccs1)C(Cc1ccccc1)C1CCN(C(=O)c2ccc3c(c2)OCCO3)CC1. The van der Waals surface area contributed by atoms with Crippen molar-refractivity contribution in [2.24, 2.45) is 5.92 Å². The zero-order valence-electron chi connectivity index (χ0n) is 19.9. The first-order chi connectivity index (χ1) is 17.1. The van der Waals surface area contributed by atoms with Crippen LogP contribution in [0.5, 0.6) is 11.5 Å². The fraction of sp³-hybridized carbons (Fsp3) is 0.357. The summed E-state index contributed by atoms with van der Waals surface area (Å²) in [5.41, 5.74) is 1.84. The molecule has 3 aromatic rings. The Labute approximate surface area is 210 Å². The molecule has 1 saturated heterocycles. The largest absolute Gasteiger partial charge is 0.486 e. The van der Waals surface area contributed by atoms with Gasteiger partial charge in [0.2, 0.25) is 0 Å². The predicted octanol–water partition coefficient (Wildman–Crippen LogP) is 4.76. The van der Waals surface area contributed by atoms with Crippen LogP contribution in [-0.2, 0) is 6.42 Å². The number of fused-ring (bicyclic) bond motifs is 1. The molecule has 0 spiro atoms. The fourth-order valence-electron chi connectivity index (χ4n) is 5.05. The van der Waals surface area contributed by atoms with Crippen molar-refractivity contribution in [2.45, 2.75) is 25.3 Å². The first-order valence-corrected chi connectivity index (χ1v) is 13.0. The third kappa shape index (κ3) is 5.20. The first-order valence-electron chi connectivity index (χ1n) is 12.1. The highest BCUT2D eigenvalue weighted by atomic mass is 32.1. The average Bonchev–Trinajstić information content (AvgIpc) is 3.46. The highest BCUT2D eigenvalue weighted by Crippen LogP contribution is 2.32. The molecule has 6 nitrogen and oxygen atoms in total. The number of nitrogens with zero attached hydrogens (tertiary/aromatic N) is 2. The van der Waals surface area contributed by atoms with E-state index >= 15 is 0 Å². The number of carbonyl (C=O) groups is 2. The lowest BCUT2D eigenvalue weighted by Crippen LogP contribution is -2.48. The molecule has 1 fully saturated rings. The van der Waals surface area contributed by atoms with Crippen LogP contribution in [0.4, 0.5) is 0 Å². The smallest absolute Gasteiger partial charge is 0.263 e. The van der Waals surface area contributed by atoms with E-state index in [0.29, 0.717) is 49.3 Å². The van der Waals surface area contributed by atoms with Gasteiger partial charge in [0.05, 0.1) is 4.88 Å². The molecule has 3 heterocycles. The number of benzene rings is 2. The van der Waals surface area contributed by atoms with E-state index in [1.165, 1.54) is 16.9 Å². The van der Waals surface area contributed by atoms with Gasteiger partial charge in [0.1, 0.15) is 13.2 Å². The second-order valence-corrected chi connectivity index (χ2v) is 10.1. The summed E-state index contributed by atoms with van der Waals surface area (Å²) < 4.78 is 11.2. The highest BCUT2D eigenvalue weighted by molar-refractivity contribution is 7.12. The molecule has 0 N–H and O–H groups in total. The number of carbonyl (C=O) groups excluding carboxylic acids is 2. The van der Waals surface area contributed by atoms with Gasteiger partial charge in [-0.05, 0) is 60.4 Å². The molecule has 182 valence electrons. The molecule has 5 rings (SSSR count). The second-order valence-electron chi connectivity index (χ2n) is 9.14. The summed E-state index contributed by atoms with van der Waals surface area (Å²) in [6.45, 7) is 2.37. The van der Waals surface area contributed by atoms with Crippen LogP contribution in [0.15, 0.2) is 66.0 Å². The van der Waals surface area contributed by atoms with Crippen LogP contribution < -0.4 is 9.47 Å². The summed E-state index contributed by atoms with van der Waals surface area (Å²) in [6.07, 6.45) is 2.51. The highest BCUT2D eigenvalue weighted by Gasteiger charge is 2.33. The quantitative estimate of drug-likeness (QED) is 0.500. The Balaban J connectivity index is 1.28. The minimum absolute atomic E-state index is 0.0167. The molecule has 2 aromatic carbocycles. The predicted molar refractivity (Wildman–Crippen MR) is 136 cm³/mol. The molecule has 0 aliphatic carbocycles. The Morgan fingerprint density at radius 1 is 1.00 bits per heavy atom. The minimum atomic E-state index is 0.0167. The molecule has 2 aliphatic heterocycles. The van der Waals surface area contributed by atoms with Gasteiger partial charge in [0.25, 0.3) is 11.8 Å². The maximum Gasteiger partial charge on any atom is 0.263 e. The van der Waals surface area contributed by atoms with Gasteiger partial charge in [-0.25, -0.2) is 0 Å². The number of hydrogen-bond donors (Lipinski definition) is 0. The van der Waals surface area contributed by atoms with Gasteiger partial charge < -0.3 is 19.3 Å². The average molecular weight is 491 g/mol. The lowest BCUT2D eigenvalue weighted by atomic mass is 9.84. The Morgan fingerprint density at radius 3 is 2.46 bits per heavy atom. The van der Waals surface area contributed by atoms with E-state index in [-0.39, 0.29) is 17.9 Å². The van der Waals surface area contributed by atoms with Crippen molar-refractivity contribution in [3.63, 3.8) is 0 Å². The van der Waals surface area contributed by atoms with Crippen molar-refractivity contribution in [2.75, 3.05) is 33.4 Å². The van der Waals surface area contributed by atoms with E-state index in [0.717, 1.165) is 24.1 Å². The zero-order chi connectivity index (χ0) is 24.2. The first kappa shape index (κ1) is 23.4. The lowest BCUT2D eigenvalue weighted by molar-refractivity contribution is 0.0524. The second kappa shape index (κ2) is 10.5. The van der Waals surface area contributed by atoms with Gasteiger partial charge in [0.15, 0.2) is 11.5 Å². The monoisotopic (exact) mass is 490 g/mol. The van der Waals surface area contributed by atoms with Crippen LogP contribution in [0, 0.1) is 5.92 Å². The fourth-order valence-corrected chi connectivity index (χ4v) is 5.75. The van der Waals surface area contributed by atoms with Crippen molar-refractivity contribution >= 4 is 23.2 Å². The number of likely N-dealkylation sites (N-methyl/N-ethyl adjacent to an activating group) is 1. The van der Waals surface area contributed by atoms with Crippen LogP contribution in [0.1, 0.15) is 38.4 Å². The molecule has 0 radical (unpaired) electrons. The molecule has 2 aliphatic rings. The molecule has 0 saturated carbocycles. The molecule has 0 bridgehead atoms. The Kier molecular flexibility index (Phi) is 7.04. The van der Waals surface area contributed by atoms with Crippen molar-refractivity contribution in [3.8, 4) is 11.5 Å². The van der Waals surface area contributed by atoms with E-state index < -0.39 is 0 Å². The van der Waals surface area contributed by atoms with Crippen LogP contribution in [0.25, 0.3) is 0 Å². The molecule has 2 amide bonds. The van der Waals surface area contributed by atoms with Gasteiger partial charge in [-0.1, -0.05) is 36.4 Å². The number of ether oxygens (including phenoxy) is 2. The number of likely N-dealkylation sites (tertiary alicyclic amines) is 1. The number of hydrogen-bond acceptors (Lipinski definition) is 5. The molecule has 1 atom stereocenters. The van der Waals surface area contributed by atoms with Crippen molar-refractivity contribution in [1.82, 2.24) is 9.80 Å². The molecule has 7 heteroatoms. The molecular formula is C28H30N2O4S. The van der Waals surface area contributed by atoms with Gasteiger partial charge in [-0.2, -0.15) is 0 Å². The standard InChI is InChI=1S/C28H30N2O4S/c1-29(28(32)26-8-5-17-35-26)23(18-20-6-3-2-4-7-20)21-11-13-30(14-12-21)27(31)22-9-10-24-25(19-22)34-16-15-33-24/h2-10,17,19,21,23H,11-16,18H2,1H3. The summed E-state index contributed by atoms with van der Waals surface area (Å²) in [5, 5.41) is 1.94. The molecule has 1 unspecified atom stereocenters. The van der Waals surface area contributed by atoms with Gasteiger partial charge in [-0.3, -0.25) is 9.59 Å². The summed E-state index contributed by atoms with van der Waals surface area (Å²) in [6, 6.07) is 19.6. The Hall–Kier alpha value is -3.32. The van der Waals surface area contributed by atoms with Crippen molar-refractivity contribution < 1.29 is 19.1 Å². The van der Waals surface area contributed by atoms with Crippen molar-refractivity contribution in [3.05, 3.63) is 82.0 Å². The summed E-state index contributed by atoms with van der Waals surface area (Å²) in [4.78, 5) is 31.0. The Morgan fingerprint density at radius 2 is 1.74 bits per heavy atom. The number of piperidine rings is 1. The number of rotatable bonds is 6. The van der Waals surface area contributed by atoms with Gasteiger partial charge in [0, 0.05) is 31.7 Å². The van der Waals surface area contributed by atoms with Crippen LogP contribution >= 0.6 is 11.3 Å². The van der Waals surface area contributed by atoms with E-state index in [2.05, 4.69) is 12.1 Å². The summed E-state index contributed by atoms with van der Waals surface area (Å²) >= 11 is 1.48. The normalized spacial score (nSPS) is 16.5. The maximum absolute atomic E-state index is 13.2. The summed E-state index contributed by atoms with van der Waals surface area (Å²) in [5.74, 6) is 1.72. The van der Waals surface area contributed by atoms with Crippen LogP contribution in [0.3, 0.4) is 0 Å².